The summed E-state index contributed by atoms with van der Waals surface area (Å²) < 4.78 is 2.47. The van der Waals surface area contributed by atoms with Gasteiger partial charge in [0.2, 0.25) is 0 Å². The van der Waals surface area contributed by atoms with Gasteiger partial charge in [0.15, 0.2) is 0 Å². The molecule has 0 spiro atoms. The van der Waals surface area contributed by atoms with Crippen LogP contribution < -0.4 is 5.32 Å². The van der Waals surface area contributed by atoms with E-state index in [0.29, 0.717) is 6.04 Å². The molecule has 1 atom stereocenters. The Balaban J connectivity index is 1.66. The molecule has 0 amide bonds. The van der Waals surface area contributed by atoms with Gasteiger partial charge in [-0.05, 0) is 48.2 Å². The lowest BCUT2D eigenvalue weighted by molar-refractivity contribution is 0.762. The monoisotopic (exact) mass is 344 g/mol. The van der Waals surface area contributed by atoms with Gasteiger partial charge in [-0.25, -0.2) is 4.98 Å². The number of nitrogens with one attached hydrogen (secondary N) is 1. The van der Waals surface area contributed by atoms with Gasteiger partial charge in [0.1, 0.15) is 0 Å². The van der Waals surface area contributed by atoms with E-state index in [1.54, 1.807) is 11.3 Å². The Morgan fingerprint density at radius 2 is 2.20 bits per heavy atom. The van der Waals surface area contributed by atoms with Crippen molar-refractivity contribution in [2.24, 2.45) is 0 Å². The van der Waals surface area contributed by atoms with E-state index in [0.717, 1.165) is 18.4 Å². The Morgan fingerprint density at radius 1 is 1.25 bits per heavy atom. The maximum Gasteiger partial charge on any atom is 0.0813 e. The van der Waals surface area contributed by atoms with E-state index in [2.05, 4.69) is 62.6 Å². The van der Waals surface area contributed by atoms with Gasteiger partial charge >= 0.3 is 0 Å². The van der Waals surface area contributed by atoms with Crippen molar-refractivity contribution in [1.82, 2.24) is 4.98 Å². The van der Waals surface area contributed by atoms with Gasteiger partial charge in [-0.2, -0.15) is 0 Å². The van der Waals surface area contributed by atoms with Gasteiger partial charge in [0, 0.05) is 10.2 Å². The smallest absolute Gasteiger partial charge is 0.0813 e. The minimum atomic E-state index is 0.410. The second kappa shape index (κ2) is 4.86. The number of hydrogen-bond donors (Lipinski definition) is 1. The predicted molar refractivity (Wildman–Crippen MR) is 88.4 cm³/mol. The van der Waals surface area contributed by atoms with Crippen molar-refractivity contribution in [3.63, 3.8) is 0 Å². The molecule has 3 aromatic rings. The van der Waals surface area contributed by atoms with Crippen molar-refractivity contribution in [2.75, 3.05) is 5.32 Å². The molecular formula is C16H13BrN2S. The van der Waals surface area contributed by atoms with Gasteiger partial charge < -0.3 is 5.32 Å². The molecule has 20 heavy (non-hydrogen) atoms. The molecule has 0 bridgehead atoms. The first kappa shape index (κ1) is 12.4. The number of nitrogens with zero attached hydrogens (tertiary/aromatic N) is 1. The topological polar surface area (TPSA) is 24.9 Å². The SMILES string of the molecule is Brc1cccc2c1CCC2Nc1ccc2ncsc2c1. The maximum absolute atomic E-state index is 4.32. The van der Waals surface area contributed by atoms with Crippen LogP contribution in [0.4, 0.5) is 5.69 Å². The zero-order valence-electron chi connectivity index (χ0n) is 10.8. The average molecular weight is 345 g/mol. The molecule has 2 nitrogen and oxygen atoms in total. The Morgan fingerprint density at radius 3 is 3.15 bits per heavy atom. The lowest BCUT2D eigenvalue weighted by Gasteiger charge is -2.15. The van der Waals surface area contributed by atoms with E-state index in [1.807, 2.05) is 5.51 Å². The number of aromatic nitrogens is 1. The number of halogens is 1. The summed E-state index contributed by atoms with van der Waals surface area (Å²) in [6.07, 6.45) is 2.29. The number of rotatable bonds is 2. The van der Waals surface area contributed by atoms with Crippen LogP contribution in [-0.4, -0.2) is 4.98 Å². The summed E-state index contributed by atoms with van der Waals surface area (Å²) in [7, 11) is 0. The third kappa shape index (κ3) is 2.03. The van der Waals surface area contributed by atoms with Crippen LogP contribution in [0.5, 0.6) is 0 Å². The quantitative estimate of drug-likeness (QED) is 0.694. The fraction of sp³-hybridized carbons (Fsp3) is 0.188. The highest BCUT2D eigenvalue weighted by molar-refractivity contribution is 9.10. The van der Waals surface area contributed by atoms with Crippen LogP contribution >= 0.6 is 27.3 Å². The molecule has 0 fully saturated rings. The number of fused-ring (bicyclic) bond motifs is 2. The molecule has 4 heteroatoms. The summed E-state index contributed by atoms with van der Waals surface area (Å²) >= 11 is 5.34. The molecule has 0 aliphatic heterocycles. The Bertz CT molecular complexity index is 781. The molecule has 1 heterocycles. The summed E-state index contributed by atoms with van der Waals surface area (Å²) in [6, 6.07) is 13.3. The summed E-state index contributed by atoms with van der Waals surface area (Å²) in [4.78, 5) is 4.32. The number of hydrogen-bond acceptors (Lipinski definition) is 3. The molecule has 4 rings (SSSR count). The standard InChI is InChI=1S/C16H13BrN2S/c17-13-3-1-2-12-11(13)5-7-14(12)19-10-4-6-15-16(8-10)20-9-18-15/h1-4,6,8-9,14,19H,5,7H2. The molecule has 1 N–H and O–H groups in total. The third-order valence-corrected chi connectivity index (χ3v) is 5.42. The average Bonchev–Trinajstić information content (AvgIpc) is 3.06. The van der Waals surface area contributed by atoms with E-state index in [4.69, 9.17) is 0 Å². The third-order valence-electron chi connectivity index (χ3n) is 3.89. The molecule has 1 aromatic heterocycles. The normalized spacial score (nSPS) is 17.4. The fourth-order valence-corrected chi connectivity index (χ4v) is 4.20. The minimum absolute atomic E-state index is 0.410. The molecule has 0 saturated carbocycles. The lowest BCUT2D eigenvalue weighted by Crippen LogP contribution is -2.06. The molecule has 100 valence electrons. The van der Waals surface area contributed by atoms with Crippen LogP contribution in [0.25, 0.3) is 10.2 Å². The van der Waals surface area contributed by atoms with Crippen LogP contribution in [0.15, 0.2) is 46.4 Å². The van der Waals surface area contributed by atoms with Crippen molar-refractivity contribution in [1.29, 1.82) is 0 Å². The van der Waals surface area contributed by atoms with Gasteiger partial charge in [-0.15, -0.1) is 11.3 Å². The first-order chi connectivity index (χ1) is 9.81. The molecule has 2 aromatic carbocycles. The van der Waals surface area contributed by atoms with E-state index in [1.165, 1.54) is 26.0 Å². The van der Waals surface area contributed by atoms with Gasteiger partial charge in [-0.3, -0.25) is 0 Å². The Hall–Kier alpha value is -1.39. The van der Waals surface area contributed by atoms with E-state index in [-0.39, 0.29) is 0 Å². The molecular weight excluding hydrogens is 332 g/mol. The summed E-state index contributed by atoms with van der Waals surface area (Å²) in [6.45, 7) is 0. The zero-order chi connectivity index (χ0) is 13.5. The van der Waals surface area contributed by atoms with Crippen molar-refractivity contribution in [3.05, 3.63) is 57.5 Å². The molecule has 0 saturated heterocycles. The minimum Gasteiger partial charge on any atom is -0.378 e. The predicted octanol–water partition coefficient (Wildman–Crippen LogP) is 5.16. The van der Waals surface area contributed by atoms with Gasteiger partial charge in [0.25, 0.3) is 0 Å². The largest absolute Gasteiger partial charge is 0.378 e. The highest BCUT2D eigenvalue weighted by Gasteiger charge is 2.23. The first-order valence-corrected chi connectivity index (χ1v) is 8.35. The highest BCUT2D eigenvalue weighted by Crippen LogP contribution is 2.38. The van der Waals surface area contributed by atoms with Gasteiger partial charge in [0.05, 0.1) is 21.8 Å². The van der Waals surface area contributed by atoms with Crippen LogP contribution in [0.2, 0.25) is 0 Å². The lowest BCUT2D eigenvalue weighted by atomic mass is 10.1. The van der Waals surface area contributed by atoms with Gasteiger partial charge in [-0.1, -0.05) is 28.1 Å². The van der Waals surface area contributed by atoms with Crippen LogP contribution in [-0.2, 0) is 6.42 Å². The Kier molecular flexibility index (Phi) is 3.00. The number of thiazole rings is 1. The fourth-order valence-electron chi connectivity index (χ4n) is 2.91. The molecule has 0 radical (unpaired) electrons. The number of benzene rings is 2. The number of anilines is 1. The summed E-state index contributed by atoms with van der Waals surface area (Å²) in [5.74, 6) is 0. The van der Waals surface area contributed by atoms with Crippen molar-refractivity contribution >= 4 is 43.2 Å². The molecule has 1 aliphatic carbocycles. The Labute approximate surface area is 130 Å². The summed E-state index contributed by atoms with van der Waals surface area (Å²) in [5, 5.41) is 3.66. The molecule has 1 aliphatic rings. The van der Waals surface area contributed by atoms with Crippen LogP contribution in [0.3, 0.4) is 0 Å². The first-order valence-electron chi connectivity index (χ1n) is 6.68. The summed E-state index contributed by atoms with van der Waals surface area (Å²) in [5.41, 5.74) is 7.03. The van der Waals surface area contributed by atoms with Crippen molar-refractivity contribution in [2.45, 2.75) is 18.9 Å². The maximum atomic E-state index is 4.32. The second-order valence-corrected chi connectivity index (χ2v) is 6.82. The highest BCUT2D eigenvalue weighted by atomic mass is 79.9. The van der Waals surface area contributed by atoms with Crippen LogP contribution in [0.1, 0.15) is 23.6 Å². The van der Waals surface area contributed by atoms with Crippen molar-refractivity contribution < 1.29 is 0 Å². The van der Waals surface area contributed by atoms with Crippen LogP contribution in [0, 0.1) is 0 Å². The van der Waals surface area contributed by atoms with Crippen molar-refractivity contribution in [3.8, 4) is 0 Å². The second-order valence-electron chi connectivity index (χ2n) is 5.08. The van der Waals surface area contributed by atoms with E-state index >= 15 is 0 Å². The zero-order valence-corrected chi connectivity index (χ0v) is 13.2. The van der Waals surface area contributed by atoms with E-state index in [9.17, 15) is 0 Å². The van der Waals surface area contributed by atoms with E-state index < -0.39 is 0 Å². The molecule has 1 unspecified atom stereocenters.